The number of piperidine rings is 1. The lowest BCUT2D eigenvalue weighted by atomic mass is 10.0. The lowest BCUT2D eigenvalue weighted by Gasteiger charge is -2.33. The molecule has 1 fully saturated rings. The van der Waals surface area contributed by atoms with Crippen LogP contribution < -0.4 is 5.32 Å². The molecule has 0 unspecified atom stereocenters. The summed E-state index contributed by atoms with van der Waals surface area (Å²) in [6, 6.07) is 0.778. The maximum absolute atomic E-state index is 8.73. The molecule has 0 aromatic rings. The first-order valence-electron chi connectivity index (χ1n) is 5.94. The van der Waals surface area contributed by atoms with Gasteiger partial charge in [-0.1, -0.05) is 6.92 Å². The van der Waals surface area contributed by atoms with E-state index in [0.717, 1.165) is 32.0 Å². The van der Waals surface area contributed by atoms with Gasteiger partial charge in [-0.05, 0) is 51.9 Å². The third-order valence-corrected chi connectivity index (χ3v) is 3.08. The molecule has 0 saturated carbocycles. The second-order valence-electron chi connectivity index (χ2n) is 4.04. The molecular weight excluding hydrogens is 176 g/mol. The first-order chi connectivity index (χ1) is 6.88. The molecule has 0 atom stereocenters. The lowest BCUT2D eigenvalue weighted by Crippen LogP contribution is -2.43. The van der Waals surface area contributed by atoms with E-state index in [-0.39, 0.29) is 0 Å². The number of nitrogens with zero attached hydrogens (tertiary/aromatic N) is 1. The van der Waals surface area contributed by atoms with E-state index in [1.54, 1.807) is 0 Å². The molecule has 0 radical (unpaired) electrons. The third kappa shape index (κ3) is 3.95. The number of hydrogen-bond acceptors (Lipinski definition) is 3. The van der Waals surface area contributed by atoms with Crippen LogP contribution in [0.25, 0.3) is 0 Å². The van der Waals surface area contributed by atoms with Crippen molar-refractivity contribution in [3.63, 3.8) is 0 Å². The average molecular weight is 200 g/mol. The van der Waals surface area contributed by atoms with Crippen molar-refractivity contribution in [2.45, 2.75) is 38.6 Å². The summed E-state index contributed by atoms with van der Waals surface area (Å²) < 4.78 is 0. The van der Waals surface area contributed by atoms with Crippen LogP contribution in [0.2, 0.25) is 0 Å². The zero-order valence-electron chi connectivity index (χ0n) is 9.34. The predicted molar refractivity (Wildman–Crippen MR) is 59.5 cm³/mol. The van der Waals surface area contributed by atoms with Gasteiger partial charge in [0.2, 0.25) is 0 Å². The minimum absolute atomic E-state index is 0.337. The van der Waals surface area contributed by atoms with Crippen LogP contribution in [0.4, 0.5) is 0 Å². The Labute approximate surface area is 87.5 Å². The van der Waals surface area contributed by atoms with Crippen molar-refractivity contribution < 1.29 is 5.11 Å². The Kier molecular flexibility index (Phi) is 6.15. The first kappa shape index (κ1) is 12.0. The van der Waals surface area contributed by atoms with Gasteiger partial charge in [0.1, 0.15) is 0 Å². The second-order valence-corrected chi connectivity index (χ2v) is 4.04. The monoisotopic (exact) mass is 200 g/mol. The second kappa shape index (κ2) is 7.21. The fourth-order valence-electron chi connectivity index (χ4n) is 2.20. The molecule has 3 nitrogen and oxygen atoms in total. The molecule has 2 N–H and O–H groups in total. The molecule has 1 aliphatic rings. The predicted octanol–water partition coefficient (Wildman–Crippen LogP) is 0.833. The molecule has 0 spiro atoms. The van der Waals surface area contributed by atoms with Gasteiger partial charge in [-0.2, -0.15) is 0 Å². The van der Waals surface area contributed by atoms with E-state index in [9.17, 15) is 0 Å². The normalized spacial score (nSPS) is 19.1. The topological polar surface area (TPSA) is 35.5 Å². The molecule has 84 valence electrons. The van der Waals surface area contributed by atoms with Crippen LogP contribution >= 0.6 is 0 Å². The Morgan fingerprint density at radius 1 is 1.29 bits per heavy atom. The Balaban J connectivity index is 2.21. The van der Waals surface area contributed by atoms with Crippen molar-refractivity contribution in [1.29, 1.82) is 0 Å². The molecule has 1 rings (SSSR count). The fraction of sp³-hybridized carbons (Fsp3) is 1.00. The number of rotatable bonds is 6. The Morgan fingerprint density at radius 3 is 2.57 bits per heavy atom. The molecule has 3 heteroatoms. The summed E-state index contributed by atoms with van der Waals surface area (Å²) in [5, 5.41) is 12.1. The van der Waals surface area contributed by atoms with E-state index in [1.165, 1.54) is 25.9 Å². The third-order valence-electron chi connectivity index (χ3n) is 3.08. The van der Waals surface area contributed by atoms with Crippen LogP contribution in [0.3, 0.4) is 0 Å². The summed E-state index contributed by atoms with van der Waals surface area (Å²) in [5.74, 6) is 0. The van der Waals surface area contributed by atoms with Crippen LogP contribution in [0.5, 0.6) is 0 Å². The summed E-state index contributed by atoms with van der Waals surface area (Å²) in [6.45, 7) is 7.21. The number of aliphatic hydroxyl groups excluding tert-OH is 1. The highest BCUT2D eigenvalue weighted by atomic mass is 16.2. The molecule has 0 aliphatic carbocycles. The molecule has 1 aliphatic heterocycles. The van der Waals surface area contributed by atoms with E-state index in [0.29, 0.717) is 6.61 Å². The highest BCUT2D eigenvalue weighted by Gasteiger charge is 2.18. The highest BCUT2D eigenvalue weighted by molar-refractivity contribution is 4.76. The van der Waals surface area contributed by atoms with E-state index in [4.69, 9.17) is 5.11 Å². The summed E-state index contributed by atoms with van der Waals surface area (Å²) in [6.07, 6.45) is 4.65. The highest BCUT2D eigenvalue weighted by Crippen LogP contribution is 2.12. The van der Waals surface area contributed by atoms with Gasteiger partial charge in [0, 0.05) is 12.6 Å². The van der Waals surface area contributed by atoms with Gasteiger partial charge in [-0.3, -0.25) is 0 Å². The maximum atomic E-state index is 8.73. The van der Waals surface area contributed by atoms with Crippen LogP contribution in [0.15, 0.2) is 0 Å². The molecular formula is C11H24N2O. The molecule has 1 saturated heterocycles. The summed E-state index contributed by atoms with van der Waals surface area (Å²) in [7, 11) is 0. The van der Waals surface area contributed by atoms with E-state index >= 15 is 0 Å². The van der Waals surface area contributed by atoms with Gasteiger partial charge in [-0.25, -0.2) is 0 Å². The van der Waals surface area contributed by atoms with Gasteiger partial charge in [0.25, 0.3) is 0 Å². The number of hydrogen-bond donors (Lipinski definition) is 2. The van der Waals surface area contributed by atoms with Gasteiger partial charge in [0.05, 0.1) is 0 Å². The lowest BCUT2D eigenvalue weighted by molar-refractivity contribution is 0.162. The Bertz CT molecular complexity index is 135. The quantitative estimate of drug-likeness (QED) is 0.624. The van der Waals surface area contributed by atoms with Crippen LogP contribution in [-0.4, -0.2) is 48.8 Å². The molecule has 1 heterocycles. The van der Waals surface area contributed by atoms with Gasteiger partial charge in [0.15, 0.2) is 0 Å². The average Bonchev–Trinajstić information content (AvgIpc) is 2.26. The van der Waals surface area contributed by atoms with Crippen molar-refractivity contribution in [3.05, 3.63) is 0 Å². The van der Waals surface area contributed by atoms with Gasteiger partial charge < -0.3 is 15.3 Å². The minimum atomic E-state index is 0.337. The zero-order valence-corrected chi connectivity index (χ0v) is 9.34. The fourth-order valence-corrected chi connectivity index (χ4v) is 2.20. The molecule has 0 amide bonds. The zero-order chi connectivity index (χ0) is 10.2. The van der Waals surface area contributed by atoms with Gasteiger partial charge in [-0.15, -0.1) is 0 Å². The first-order valence-corrected chi connectivity index (χ1v) is 5.94. The molecule has 0 bridgehead atoms. The smallest absolute Gasteiger partial charge is 0.0431 e. The SMILES string of the molecule is CCN(CCCCO)C1CCNCC1. The van der Waals surface area contributed by atoms with Crippen molar-refractivity contribution in [3.8, 4) is 0 Å². The molecule has 14 heavy (non-hydrogen) atoms. The largest absolute Gasteiger partial charge is 0.396 e. The van der Waals surface area contributed by atoms with E-state index in [2.05, 4.69) is 17.1 Å². The maximum Gasteiger partial charge on any atom is 0.0431 e. The summed E-state index contributed by atoms with van der Waals surface area (Å²) in [5.41, 5.74) is 0. The Hall–Kier alpha value is -0.120. The number of nitrogens with one attached hydrogen (secondary N) is 1. The van der Waals surface area contributed by atoms with Crippen molar-refractivity contribution in [1.82, 2.24) is 10.2 Å². The number of unbranched alkanes of at least 4 members (excludes halogenated alkanes) is 1. The van der Waals surface area contributed by atoms with Crippen LogP contribution in [-0.2, 0) is 0 Å². The van der Waals surface area contributed by atoms with Crippen molar-refractivity contribution in [2.75, 3.05) is 32.8 Å². The standard InChI is InChI=1S/C11H24N2O/c1-2-13(9-3-4-10-14)11-5-7-12-8-6-11/h11-12,14H,2-10H2,1H3. The number of aliphatic hydroxyl groups is 1. The Morgan fingerprint density at radius 2 is 2.00 bits per heavy atom. The summed E-state index contributed by atoms with van der Waals surface area (Å²) in [4.78, 5) is 2.57. The van der Waals surface area contributed by atoms with E-state index < -0.39 is 0 Å². The van der Waals surface area contributed by atoms with Crippen molar-refractivity contribution >= 4 is 0 Å². The summed E-state index contributed by atoms with van der Waals surface area (Å²) >= 11 is 0. The van der Waals surface area contributed by atoms with E-state index in [1.807, 2.05) is 0 Å². The molecule has 0 aromatic carbocycles. The van der Waals surface area contributed by atoms with Crippen LogP contribution in [0, 0.1) is 0 Å². The molecule has 0 aromatic heterocycles. The van der Waals surface area contributed by atoms with Crippen molar-refractivity contribution in [2.24, 2.45) is 0 Å². The van der Waals surface area contributed by atoms with Gasteiger partial charge >= 0.3 is 0 Å². The minimum Gasteiger partial charge on any atom is -0.396 e. The van der Waals surface area contributed by atoms with Crippen LogP contribution in [0.1, 0.15) is 32.6 Å².